The number of amides is 1. The van der Waals surface area contributed by atoms with Crippen molar-refractivity contribution in [2.24, 2.45) is 0 Å². The summed E-state index contributed by atoms with van der Waals surface area (Å²) in [5, 5.41) is 8.76. The molecule has 0 radical (unpaired) electrons. The molecule has 0 bridgehead atoms. The maximum atomic E-state index is 11.4. The minimum absolute atomic E-state index is 0.0857. The number of nitrogens with one attached hydrogen (secondary N) is 2. The van der Waals surface area contributed by atoms with Crippen molar-refractivity contribution in [1.82, 2.24) is 20.5 Å². The second-order valence-electron chi connectivity index (χ2n) is 3.00. The molecule has 1 rings (SSSR count). The molecule has 0 aromatic carbocycles. The third-order valence-electron chi connectivity index (χ3n) is 1.78. The Hall–Kier alpha value is -1.24. The highest BCUT2D eigenvalue weighted by Crippen LogP contribution is 1.98. The lowest BCUT2D eigenvalue weighted by atomic mass is 10.3. The van der Waals surface area contributed by atoms with Crippen molar-refractivity contribution in [3.8, 4) is 0 Å². The van der Waals surface area contributed by atoms with Crippen LogP contribution in [-0.4, -0.2) is 39.6 Å². The Morgan fingerprint density at radius 2 is 2.40 bits per heavy atom. The third kappa shape index (κ3) is 4.20. The summed E-state index contributed by atoms with van der Waals surface area (Å²) >= 11 is 1.80. The number of aromatic amines is 1. The van der Waals surface area contributed by atoms with Crippen molar-refractivity contribution in [3.63, 3.8) is 0 Å². The first kappa shape index (κ1) is 11.8. The van der Waals surface area contributed by atoms with Crippen LogP contribution >= 0.6 is 11.8 Å². The molecule has 6 nitrogen and oxygen atoms in total. The molecule has 0 aliphatic rings. The maximum Gasteiger partial charge on any atom is 0.288 e. The Morgan fingerprint density at radius 3 is 3.00 bits per heavy atom. The van der Waals surface area contributed by atoms with E-state index >= 15 is 0 Å². The summed E-state index contributed by atoms with van der Waals surface area (Å²) in [6.07, 6.45) is 4.13. The van der Waals surface area contributed by atoms with Crippen LogP contribution in [0, 0.1) is 0 Å². The summed E-state index contributed by atoms with van der Waals surface area (Å²) in [6, 6.07) is 0. The summed E-state index contributed by atoms with van der Waals surface area (Å²) in [5.41, 5.74) is 5.27. The van der Waals surface area contributed by atoms with Gasteiger partial charge in [-0.25, -0.2) is 0 Å². The monoisotopic (exact) mass is 229 g/mol. The number of nitrogens with two attached hydrogens (primary N) is 1. The van der Waals surface area contributed by atoms with E-state index in [2.05, 4.69) is 26.8 Å². The number of carbonyl (C=O) groups is 1. The second kappa shape index (κ2) is 6.28. The summed E-state index contributed by atoms with van der Waals surface area (Å²) < 4.78 is 0. The van der Waals surface area contributed by atoms with Crippen molar-refractivity contribution in [1.29, 1.82) is 0 Å². The fraction of sp³-hybridized carbons (Fsp3) is 0.625. The van der Waals surface area contributed by atoms with Gasteiger partial charge in [0, 0.05) is 6.54 Å². The average Bonchev–Trinajstić information content (AvgIpc) is 2.64. The summed E-state index contributed by atoms with van der Waals surface area (Å²) in [6.45, 7) is 0.653. The lowest BCUT2D eigenvalue weighted by Gasteiger charge is -2.01. The minimum atomic E-state index is -0.261. The van der Waals surface area contributed by atoms with Gasteiger partial charge in [-0.15, -0.1) is 5.10 Å². The molecule has 0 unspecified atom stereocenters. The number of rotatable bonds is 6. The molecular weight excluding hydrogens is 214 g/mol. The minimum Gasteiger partial charge on any atom is -0.366 e. The third-order valence-corrected chi connectivity index (χ3v) is 2.48. The first-order chi connectivity index (χ1) is 7.24. The van der Waals surface area contributed by atoms with Gasteiger partial charge in [0.05, 0.1) is 0 Å². The first-order valence-electron chi connectivity index (χ1n) is 4.69. The zero-order chi connectivity index (χ0) is 11.1. The molecule has 1 amide bonds. The van der Waals surface area contributed by atoms with E-state index in [4.69, 9.17) is 5.73 Å². The molecule has 0 saturated carbocycles. The number of H-pyrrole nitrogens is 1. The Kier molecular flexibility index (Phi) is 4.96. The molecule has 4 N–H and O–H groups in total. The first-order valence-corrected chi connectivity index (χ1v) is 6.08. The van der Waals surface area contributed by atoms with Crippen LogP contribution < -0.4 is 11.1 Å². The van der Waals surface area contributed by atoms with E-state index in [1.165, 1.54) is 0 Å². The highest BCUT2D eigenvalue weighted by molar-refractivity contribution is 7.98. The van der Waals surface area contributed by atoms with Gasteiger partial charge in [0.15, 0.2) is 0 Å². The molecule has 84 valence electrons. The van der Waals surface area contributed by atoms with Gasteiger partial charge in [-0.05, 0) is 24.9 Å². The van der Waals surface area contributed by atoms with E-state index in [1.54, 1.807) is 11.8 Å². The number of unbranched alkanes of at least 4 members (excludes halogenated alkanes) is 1. The van der Waals surface area contributed by atoms with E-state index in [-0.39, 0.29) is 17.7 Å². The molecule has 0 saturated heterocycles. The van der Waals surface area contributed by atoms with Gasteiger partial charge in [0.25, 0.3) is 5.91 Å². The van der Waals surface area contributed by atoms with Crippen molar-refractivity contribution in [2.75, 3.05) is 24.3 Å². The van der Waals surface area contributed by atoms with Crippen LogP contribution in [0.25, 0.3) is 0 Å². The van der Waals surface area contributed by atoms with Gasteiger partial charge in [-0.3, -0.25) is 9.89 Å². The molecule has 0 aliphatic heterocycles. The second-order valence-corrected chi connectivity index (χ2v) is 3.98. The predicted molar refractivity (Wildman–Crippen MR) is 60.7 cm³/mol. The van der Waals surface area contributed by atoms with Crippen LogP contribution in [-0.2, 0) is 0 Å². The van der Waals surface area contributed by atoms with E-state index in [9.17, 15) is 4.79 Å². The van der Waals surface area contributed by atoms with Crippen molar-refractivity contribution >= 4 is 23.6 Å². The predicted octanol–water partition coefficient (Wildman–Crippen LogP) is 0.260. The largest absolute Gasteiger partial charge is 0.366 e. The van der Waals surface area contributed by atoms with Crippen LogP contribution in [0.5, 0.6) is 0 Å². The Morgan fingerprint density at radius 1 is 1.60 bits per heavy atom. The van der Waals surface area contributed by atoms with Crippen molar-refractivity contribution < 1.29 is 4.79 Å². The van der Waals surface area contributed by atoms with Gasteiger partial charge < -0.3 is 11.1 Å². The molecule has 1 aromatic heterocycles. The average molecular weight is 229 g/mol. The lowest BCUT2D eigenvalue weighted by Crippen LogP contribution is -2.25. The number of nitrogen functional groups attached to an aromatic ring is 1. The fourth-order valence-corrected chi connectivity index (χ4v) is 1.53. The number of hydrogen-bond acceptors (Lipinski definition) is 5. The molecule has 15 heavy (non-hydrogen) atoms. The van der Waals surface area contributed by atoms with Crippen LogP contribution in [0.3, 0.4) is 0 Å². The van der Waals surface area contributed by atoms with E-state index in [1.807, 2.05) is 0 Å². The van der Waals surface area contributed by atoms with Gasteiger partial charge in [0.1, 0.15) is 0 Å². The van der Waals surface area contributed by atoms with Gasteiger partial charge in [0.2, 0.25) is 11.8 Å². The summed E-state index contributed by atoms with van der Waals surface area (Å²) in [4.78, 5) is 15.1. The zero-order valence-corrected chi connectivity index (χ0v) is 9.43. The number of aromatic nitrogens is 3. The van der Waals surface area contributed by atoms with E-state index < -0.39 is 0 Å². The lowest BCUT2D eigenvalue weighted by molar-refractivity contribution is 0.0943. The Bertz CT molecular complexity index is 314. The smallest absolute Gasteiger partial charge is 0.288 e. The Balaban J connectivity index is 2.19. The van der Waals surface area contributed by atoms with Gasteiger partial charge in [-0.2, -0.15) is 16.7 Å². The highest BCUT2D eigenvalue weighted by Gasteiger charge is 2.08. The van der Waals surface area contributed by atoms with Crippen LogP contribution in [0.1, 0.15) is 23.5 Å². The normalized spacial score (nSPS) is 10.2. The zero-order valence-electron chi connectivity index (χ0n) is 8.62. The quantitative estimate of drug-likeness (QED) is 0.608. The maximum absolute atomic E-state index is 11.4. The Labute approximate surface area is 92.4 Å². The van der Waals surface area contributed by atoms with Crippen LogP contribution in [0.15, 0.2) is 0 Å². The molecule has 0 fully saturated rings. The number of hydrogen-bond donors (Lipinski definition) is 3. The number of carbonyl (C=O) groups excluding carboxylic acids is 1. The number of anilines is 1. The van der Waals surface area contributed by atoms with Crippen LogP contribution in [0.2, 0.25) is 0 Å². The van der Waals surface area contributed by atoms with E-state index in [0.29, 0.717) is 6.54 Å². The SMILES string of the molecule is CSCCCCNC(=O)c1nc(N)n[nH]1. The molecule has 1 heterocycles. The molecule has 0 atom stereocenters. The number of nitrogens with zero attached hydrogens (tertiary/aromatic N) is 2. The van der Waals surface area contributed by atoms with Crippen molar-refractivity contribution in [3.05, 3.63) is 5.82 Å². The topological polar surface area (TPSA) is 96.7 Å². The van der Waals surface area contributed by atoms with Crippen LogP contribution in [0.4, 0.5) is 5.95 Å². The number of thioether (sulfide) groups is 1. The molecule has 0 spiro atoms. The molecule has 7 heteroatoms. The molecule has 1 aromatic rings. The van der Waals surface area contributed by atoms with Gasteiger partial charge >= 0.3 is 0 Å². The van der Waals surface area contributed by atoms with Gasteiger partial charge in [-0.1, -0.05) is 0 Å². The summed E-state index contributed by atoms with van der Waals surface area (Å²) in [5.74, 6) is 1.11. The summed E-state index contributed by atoms with van der Waals surface area (Å²) in [7, 11) is 0. The highest BCUT2D eigenvalue weighted by atomic mass is 32.2. The molecule has 0 aliphatic carbocycles. The van der Waals surface area contributed by atoms with Crippen molar-refractivity contribution in [2.45, 2.75) is 12.8 Å². The standard InChI is InChI=1S/C8H15N5OS/c1-15-5-3-2-4-10-7(14)6-11-8(9)13-12-6/h2-5H2,1H3,(H,10,14)(H3,9,11,12,13). The molecular formula is C8H15N5OS. The van der Waals surface area contributed by atoms with E-state index in [0.717, 1.165) is 18.6 Å². The fourth-order valence-electron chi connectivity index (χ4n) is 1.03.